The average molecular weight is 551 g/mol. The van der Waals surface area contributed by atoms with Gasteiger partial charge in [0.15, 0.2) is 6.34 Å². The number of nitrogens with two attached hydrogens (primary N) is 1. The van der Waals surface area contributed by atoms with E-state index in [4.69, 9.17) is 10.5 Å². The molecule has 0 saturated carbocycles. The zero-order valence-electron chi connectivity index (χ0n) is 21.7. The summed E-state index contributed by atoms with van der Waals surface area (Å²) in [6.07, 6.45) is 0.547. The normalized spacial score (nSPS) is 16.3. The van der Waals surface area contributed by atoms with Crippen molar-refractivity contribution in [2.45, 2.75) is 42.2 Å². The first kappa shape index (κ1) is 28.2. The number of primary amides is 1. The van der Waals surface area contributed by atoms with Crippen LogP contribution in [0.25, 0.3) is 11.1 Å². The lowest BCUT2D eigenvalue weighted by Gasteiger charge is -2.38. The Morgan fingerprint density at radius 1 is 0.921 bits per heavy atom. The third-order valence-electron chi connectivity index (χ3n) is 7.19. The summed E-state index contributed by atoms with van der Waals surface area (Å²) in [6, 6.07) is 25.8. The number of amides is 2. The Bertz CT molecular complexity index is 1270. The molecule has 0 radical (unpaired) electrons. The summed E-state index contributed by atoms with van der Waals surface area (Å²) in [5.41, 5.74) is 9.77. The van der Waals surface area contributed by atoms with Crippen LogP contribution < -0.4 is 11.1 Å². The van der Waals surface area contributed by atoms with Crippen molar-refractivity contribution in [3.05, 3.63) is 90.0 Å². The van der Waals surface area contributed by atoms with Gasteiger partial charge in [-0.25, -0.2) is 0 Å². The van der Waals surface area contributed by atoms with Gasteiger partial charge in [-0.15, -0.1) is 0 Å². The molecule has 1 fully saturated rings. The van der Waals surface area contributed by atoms with E-state index in [1.54, 1.807) is 6.66 Å². The van der Waals surface area contributed by atoms with Crippen LogP contribution in [0, 0.1) is 0 Å². The van der Waals surface area contributed by atoms with Crippen LogP contribution in [0.4, 0.5) is 0 Å². The van der Waals surface area contributed by atoms with E-state index in [0.29, 0.717) is 38.2 Å². The second-order valence-corrected chi connectivity index (χ2v) is 15.6. The molecule has 3 aromatic carbocycles. The molecule has 3 N–H and O–H groups in total. The number of carbonyl (C=O) groups is 2. The zero-order valence-corrected chi connectivity index (χ0v) is 23.4. The average Bonchev–Trinajstić information content (AvgIpc) is 2.94. The van der Waals surface area contributed by atoms with E-state index in [1.807, 2.05) is 66.7 Å². The fourth-order valence-corrected chi connectivity index (χ4v) is 9.91. The van der Waals surface area contributed by atoms with E-state index in [0.717, 1.165) is 35.3 Å². The van der Waals surface area contributed by atoms with Gasteiger partial charge in [0.25, 0.3) is 5.91 Å². The number of aryl methyl sites for hydroxylation is 1. The van der Waals surface area contributed by atoms with Crippen LogP contribution in [0.2, 0.25) is 0 Å². The third kappa shape index (κ3) is 6.76. The molecule has 1 atom stereocenters. The van der Waals surface area contributed by atoms with Crippen LogP contribution in [0.5, 0.6) is 0 Å². The Labute approximate surface area is 228 Å². The molecule has 0 bridgehead atoms. The highest BCUT2D eigenvalue weighted by atomic mass is 32.7. The second kappa shape index (κ2) is 12.8. The van der Waals surface area contributed by atoms with Gasteiger partial charge in [-0.05, 0) is 79.7 Å². The van der Waals surface area contributed by atoms with Crippen LogP contribution in [0.1, 0.15) is 41.6 Å². The molecule has 2 amide bonds. The fraction of sp³-hybridized carbons (Fsp3) is 0.333. The molecule has 0 aliphatic carbocycles. The molecule has 0 spiro atoms. The predicted octanol–water partition coefficient (Wildman–Crippen LogP) is 6.14. The molecule has 1 aliphatic rings. The summed E-state index contributed by atoms with van der Waals surface area (Å²) in [6.45, 7) is 3.10. The van der Waals surface area contributed by atoms with Crippen LogP contribution in [-0.4, -0.2) is 43.4 Å². The van der Waals surface area contributed by atoms with Crippen LogP contribution >= 0.6 is 17.7 Å². The molecule has 8 heteroatoms. The molecule has 1 saturated heterocycles. The maximum atomic E-state index is 13.6. The fourth-order valence-electron chi connectivity index (χ4n) is 4.77. The summed E-state index contributed by atoms with van der Waals surface area (Å²) in [5, 5.41) is 1.99. The molecule has 4 rings (SSSR count). The van der Waals surface area contributed by atoms with Gasteiger partial charge in [-0.3, -0.25) is 9.59 Å². The van der Waals surface area contributed by atoms with Crippen molar-refractivity contribution in [1.82, 2.24) is 5.32 Å². The molecule has 1 aliphatic heterocycles. The largest absolute Gasteiger partial charge is 0.381 e. The molecular weight excluding hydrogens is 515 g/mol. The smallest absolute Gasteiger partial charge is 0.251 e. The van der Waals surface area contributed by atoms with Gasteiger partial charge >= 0.3 is 0 Å². The Morgan fingerprint density at radius 3 is 2.18 bits per heavy atom. The maximum Gasteiger partial charge on any atom is 0.251 e. The number of benzene rings is 3. The summed E-state index contributed by atoms with van der Waals surface area (Å²) < 4.78 is 19.0. The van der Waals surface area contributed by atoms with E-state index in [2.05, 4.69) is 17.4 Å². The van der Waals surface area contributed by atoms with Gasteiger partial charge in [-0.1, -0.05) is 66.0 Å². The predicted molar refractivity (Wildman–Crippen MR) is 155 cm³/mol. The molecule has 0 aromatic heterocycles. The SMILES string of the molecule is CP(=O)(Sc1ccc(CCCCNC(=O)c2ccc(-c3ccccc3)cc2)cc1)C1(C(N)=O)CCOCC1. The van der Waals surface area contributed by atoms with Gasteiger partial charge < -0.3 is 20.4 Å². The highest BCUT2D eigenvalue weighted by molar-refractivity contribution is 8.58. The van der Waals surface area contributed by atoms with E-state index in [9.17, 15) is 14.2 Å². The van der Waals surface area contributed by atoms with Crippen molar-refractivity contribution < 1.29 is 18.9 Å². The first-order chi connectivity index (χ1) is 18.3. The summed E-state index contributed by atoms with van der Waals surface area (Å²) >= 11 is 1.27. The number of carbonyl (C=O) groups excluding carboxylic acids is 2. The summed E-state index contributed by atoms with van der Waals surface area (Å²) in [5.74, 6) is -0.555. The lowest BCUT2D eigenvalue weighted by atomic mass is 9.98. The van der Waals surface area contributed by atoms with Crippen molar-refractivity contribution in [3.63, 3.8) is 0 Å². The molecule has 38 heavy (non-hydrogen) atoms. The Kier molecular flexibility index (Phi) is 9.48. The van der Waals surface area contributed by atoms with Crippen molar-refractivity contribution in [3.8, 4) is 11.1 Å². The number of rotatable bonds is 11. The van der Waals surface area contributed by atoms with Crippen molar-refractivity contribution in [2.75, 3.05) is 26.4 Å². The van der Waals surface area contributed by atoms with E-state index in [1.165, 1.54) is 16.9 Å². The number of ether oxygens (including phenoxy) is 1. The van der Waals surface area contributed by atoms with Crippen LogP contribution in [0.3, 0.4) is 0 Å². The van der Waals surface area contributed by atoms with Gasteiger partial charge in [0, 0.05) is 30.2 Å². The monoisotopic (exact) mass is 550 g/mol. The molecule has 1 heterocycles. The second-order valence-electron chi connectivity index (χ2n) is 9.75. The van der Waals surface area contributed by atoms with Gasteiger partial charge in [0.1, 0.15) is 5.16 Å². The number of hydrogen-bond acceptors (Lipinski definition) is 5. The molecule has 200 valence electrons. The topological polar surface area (TPSA) is 98.5 Å². The summed E-state index contributed by atoms with van der Waals surface area (Å²) in [7, 11) is 0. The number of unbranched alkanes of at least 4 members (excludes halogenated alkanes) is 1. The minimum absolute atomic E-state index is 0.0618. The first-order valence-electron chi connectivity index (χ1n) is 13.0. The molecule has 3 aromatic rings. The molecule has 1 unspecified atom stereocenters. The van der Waals surface area contributed by atoms with Crippen LogP contribution in [-0.2, 0) is 20.5 Å². The van der Waals surface area contributed by atoms with Gasteiger partial charge in [0.2, 0.25) is 5.91 Å². The summed E-state index contributed by atoms with van der Waals surface area (Å²) in [4.78, 5) is 25.6. The third-order valence-corrected chi connectivity index (χ3v) is 13.0. The Balaban J connectivity index is 1.21. The van der Waals surface area contributed by atoms with Crippen molar-refractivity contribution >= 4 is 29.5 Å². The van der Waals surface area contributed by atoms with E-state index in [-0.39, 0.29) is 5.91 Å². The van der Waals surface area contributed by atoms with Crippen molar-refractivity contribution in [1.29, 1.82) is 0 Å². The highest BCUT2D eigenvalue weighted by Gasteiger charge is 2.51. The quantitative estimate of drug-likeness (QED) is 0.221. The van der Waals surface area contributed by atoms with Gasteiger partial charge in [0.05, 0.1) is 0 Å². The first-order valence-corrected chi connectivity index (χ1v) is 16.6. The molecular formula is C30H35N2O4PS. The molecule has 6 nitrogen and oxygen atoms in total. The zero-order chi connectivity index (χ0) is 27.0. The number of nitrogens with one attached hydrogen (secondary N) is 1. The van der Waals surface area contributed by atoms with Crippen molar-refractivity contribution in [2.24, 2.45) is 5.73 Å². The van der Waals surface area contributed by atoms with Crippen LogP contribution in [0.15, 0.2) is 83.8 Å². The Morgan fingerprint density at radius 2 is 1.55 bits per heavy atom. The Hall–Kier alpha value is -2.86. The highest BCUT2D eigenvalue weighted by Crippen LogP contribution is 2.70. The van der Waals surface area contributed by atoms with E-state index < -0.39 is 17.4 Å². The van der Waals surface area contributed by atoms with E-state index >= 15 is 0 Å². The lowest BCUT2D eigenvalue weighted by molar-refractivity contribution is -0.122. The number of hydrogen-bond donors (Lipinski definition) is 2. The lowest BCUT2D eigenvalue weighted by Crippen LogP contribution is -2.47. The maximum absolute atomic E-state index is 13.6. The van der Waals surface area contributed by atoms with Gasteiger partial charge in [-0.2, -0.15) is 0 Å². The standard InChI is InChI=1S/C30H35N2O4PS/c1-37(35,30(29(31)34)18-21-36-22-19-30)38-27-16-10-23(11-17-27)7-5-6-20-32-28(33)26-14-12-25(13-15-26)24-8-3-2-4-9-24/h2-4,8-17H,5-7,18-22H2,1H3,(H2,31,34)(H,32,33). The minimum Gasteiger partial charge on any atom is -0.381 e. The minimum atomic E-state index is -2.95.